The first-order chi connectivity index (χ1) is 16.0. The molecule has 0 saturated carbocycles. The number of aromatic nitrogens is 4. The number of thiophene rings is 1. The highest BCUT2D eigenvalue weighted by Gasteiger charge is 2.21. The number of para-hydroxylation sites is 1. The highest BCUT2D eigenvalue weighted by atomic mass is 35.5. The van der Waals surface area contributed by atoms with E-state index in [0.717, 1.165) is 0 Å². The van der Waals surface area contributed by atoms with Gasteiger partial charge in [-0.2, -0.15) is 4.98 Å². The van der Waals surface area contributed by atoms with Crippen LogP contribution in [0.2, 0.25) is 5.02 Å². The fourth-order valence-corrected chi connectivity index (χ4v) is 4.70. The van der Waals surface area contributed by atoms with E-state index in [2.05, 4.69) is 20.4 Å². The zero-order valence-electron chi connectivity index (χ0n) is 17.3. The summed E-state index contributed by atoms with van der Waals surface area (Å²) >= 11 is 7.51. The average Bonchev–Trinajstić information content (AvgIpc) is 3.42. The number of carbonyl (C=O) groups is 1. The summed E-state index contributed by atoms with van der Waals surface area (Å²) in [5.41, 5.74) is 1.66. The Morgan fingerprint density at radius 1 is 1.15 bits per heavy atom. The lowest BCUT2D eigenvalue weighted by atomic mass is 10.2. The third-order valence-corrected chi connectivity index (χ3v) is 6.54. The summed E-state index contributed by atoms with van der Waals surface area (Å²) in [6.45, 7) is 1.64. The molecule has 8 nitrogen and oxygen atoms in total. The van der Waals surface area contributed by atoms with E-state index >= 15 is 0 Å². The number of benzene rings is 2. The second kappa shape index (κ2) is 8.61. The van der Waals surface area contributed by atoms with E-state index in [1.807, 2.05) is 30.3 Å². The highest BCUT2D eigenvalue weighted by molar-refractivity contribution is 7.22. The van der Waals surface area contributed by atoms with Crippen LogP contribution in [0.1, 0.15) is 5.56 Å². The van der Waals surface area contributed by atoms with Crippen molar-refractivity contribution in [2.75, 3.05) is 5.32 Å². The van der Waals surface area contributed by atoms with Crippen LogP contribution in [0.5, 0.6) is 0 Å². The van der Waals surface area contributed by atoms with Crippen molar-refractivity contribution in [1.82, 2.24) is 19.7 Å². The lowest BCUT2D eigenvalue weighted by molar-refractivity contribution is -0.116. The molecule has 3 heterocycles. The molecule has 1 amide bonds. The van der Waals surface area contributed by atoms with Crippen molar-refractivity contribution in [1.29, 1.82) is 0 Å². The summed E-state index contributed by atoms with van der Waals surface area (Å²) in [5, 5.41) is 7.73. The van der Waals surface area contributed by atoms with Gasteiger partial charge in [-0.05, 0) is 36.8 Å². The van der Waals surface area contributed by atoms with Crippen molar-refractivity contribution in [2.45, 2.75) is 13.5 Å². The number of fused-ring (bicyclic) bond motifs is 1. The van der Waals surface area contributed by atoms with Crippen molar-refractivity contribution >= 4 is 44.7 Å². The number of hydrogen-bond donors (Lipinski definition) is 1. The average molecular weight is 478 g/mol. The van der Waals surface area contributed by atoms with E-state index in [-0.39, 0.29) is 23.9 Å². The molecule has 1 N–H and O–H groups in total. The lowest BCUT2D eigenvalue weighted by Gasteiger charge is -2.07. The molecule has 5 rings (SSSR count). The molecule has 0 fully saturated rings. The van der Waals surface area contributed by atoms with Gasteiger partial charge in [-0.25, -0.2) is 4.98 Å². The van der Waals surface area contributed by atoms with Crippen LogP contribution in [-0.2, 0) is 11.3 Å². The van der Waals surface area contributed by atoms with Gasteiger partial charge in [0.1, 0.15) is 11.4 Å². The molecule has 0 aliphatic carbocycles. The molecule has 0 aliphatic heterocycles. The van der Waals surface area contributed by atoms with E-state index in [4.69, 9.17) is 16.1 Å². The number of anilines is 1. The molecular formula is C23H16ClN5O3S. The number of nitrogens with one attached hydrogen (secondary N) is 1. The molecule has 5 aromatic rings. The smallest absolute Gasteiger partial charge is 0.268 e. The molecule has 3 aromatic heterocycles. The third-order valence-electron chi connectivity index (χ3n) is 5.02. The predicted octanol–water partition coefficient (Wildman–Crippen LogP) is 4.78. The molecule has 0 spiro atoms. The molecule has 164 valence electrons. The van der Waals surface area contributed by atoms with Crippen LogP contribution in [0.4, 0.5) is 5.69 Å². The Balaban J connectivity index is 1.46. The largest absolute Gasteiger partial charge is 0.333 e. The van der Waals surface area contributed by atoms with Crippen molar-refractivity contribution in [2.24, 2.45) is 0 Å². The van der Waals surface area contributed by atoms with Crippen molar-refractivity contribution in [3.05, 3.63) is 81.9 Å². The van der Waals surface area contributed by atoms with Crippen molar-refractivity contribution in [3.63, 3.8) is 0 Å². The van der Waals surface area contributed by atoms with Crippen LogP contribution in [0.25, 0.3) is 32.4 Å². The monoisotopic (exact) mass is 477 g/mol. The van der Waals surface area contributed by atoms with Gasteiger partial charge in [-0.1, -0.05) is 47.1 Å². The minimum atomic E-state index is -0.321. The Labute approximate surface area is 196 Å². The maximum Gasteiger partial charge on any atom is 0.268 e. The molecule has 0 bridgehead atoms. The first-order valence-electron chi connectivity index (χ1n) is 9.93. The van der Waals surface area contributed by atoms with Crippen LogP contribution >= 0.6 is 22.9 Å². The van der Waals surface area contributed by atoms with Crippen LogP contribution in [0, 0.1) is 6.92 Å². The maximum atomic E-state index is 13.1. The first kappa shape index (κ1) is 21.0. The van der Waals surface area contributed by atoms with Gasteiger partial charge < -0.3 is 9.84 Å². The summed E-state index contributed by atoms with van der Waals surface area (Å²) in [6.07, 6.45) is 1.37. The topological polar surface area (TPSA) is 103 Å². The highest BCUT2D eigenvalue weighted by Crippen LogP contribution is 2.36. The summed E-state index contributed by atoms with van der Waals surface area (Å²) in [6, 6.07) is 16.3. The van der Waals surface area contributed by atoms with Gasteiger partial charge in [0.2, 0.25) is 11.7 Å². The zero-order valence-corrected chi connectivity index (χ0v) is 18.9. The summed E-state index contributed by atoms with van der Waals surface area (Å²) in [5.74, 6) is 0.312. The van der Waals surface area contributed by atoms with E-state index in [1.165, 1.54) is 22.2 Å². The lowest BCUT2D eigenvalue weighted by Crippen LogP contribution is -2.27. The van der Waals surface area contributed by atoms with Crippen LogP contribution in [0.3, 0.4) is 0 Å². The number of rotatable bonds is 5. The molecule has 33 heavy (non-hydrogen) atoms. The van der Waals surface area contributed by atoms with Gasteiger partial charge in [0.05, 0.1) is 21.6 Å². The Kier molecular flexibility index (Phi) is 5.49. The third kappa shape index (κ3) is 4.04. The maximum absolute atomic E-state index is 13.1. The molecule has 0 saturated heterocycles. The second-order valence-electron chi connectivity index (χ2n) is 7.23. The first-order valence-corrected chi connectivity index (χ1v) is 11.1. The molecule has 0 atom stereocenters. The fourth-order valence-electron chi connectivity index (χ4n) is 3.42. The van der Waals surface area contributed by atoms with E-state index in [0.29, 0.717) is 42.8 Å². The van der Waals surface area contributed by atoms with E-state index < -0.39 is 0 Å². The van der Waals surface area contributed by atoms with Crippen molar-refractivity contribution in [3.8, 4) is 22.2 Å². The van der Waals surface area contributed by atoms with Gasteiger partial charge in [0, 0.05) is 11.3 Å². The Hall–Kier alpha value is -3.82. The fraction of sp³-hybridized carbons (Fsp3) is 0.0870. The van der Waals surface area contributed by atoms with Crippen LogP contribution in [0.15, 0.2) is 70.2 Å². The quantitative estimate of drug-likeness (QED) is 0.391. The number of nitrogens with zero attached hydrogens (tertiary/aromatic N) is 4. The number of halogens is 1. The summed E-state index contributed by atoms with van der Waals surface area (Å²) < 4.78 is 6.75. The Bertz CT molecular complexity index is 1540. The van der Waals surface area contributed by atoms with Gasteiger partial charge in [0.25, 0.3) is 11.4 Å². The zero-order chi connectivity index (χ0) is 22.9. The second-order valence-corrected chi connectivity index (χ2v) is 8.64. The SMILES string of the molecule is Cc1c(-c2nc(-c3ccccc3Cl)no2)sc2ncn(CC(=O)Nc3ccccc3)c(=O)c12. The minimum Gasteiger partial charge on any atom is -0.333 e. The van der Waals surface area contributed by atoms with Gasteiger partial charge in [-0.3, -0.25) is 14.2 Å². The number of aryl methyl sites for hydroxylation is 1. The van der Waals surface area contributed by atoms with Gasteiger partial charge in [0.15, 0.2) is 0 Å². The van der Waals surface area contributed by atoms with Crippen LogP contribution in [-0.4, -0.2) is 25.6 Å². The van der Waals surface area contributed by atoms with E-state index in [1.54, 1.807) is 31.2 Å². The predicted molar refractivity (Wildman–Crippen MR) is 127 cm³/mol. The van der Waals surface area contributed by atoms with Gasteiger partial charge >= 0.3 is 0 Å². The normalized spacial score (nSPS) is 11.1. The molecule has 2 aromatic carbocycles. The summed E-state index contributed by atoms with van der Waals surface area (Å²) in [4.78, 5) is 35.5. The summed E-state index contributed by atoms with van der Waals surface area (Å²) in [7, 11) is 0. The molecule has 10 heteroatoms. The van der Waals surface area contributed by atoms with Gasteiger partial charge in [-0.15, -0.1) is 11.3 Å². The molecular weight excluding hydrogens is 462 g/mol. The minimum absolute atomic E-state index is 0.154. The Morgan fingerprint density at radius 3 is 2.70 bits per heavy atom. The molecule has 0 unspecified atom stereocenters. The standard InChI is InChI=1S/C23H16ClN5O3S/c1-13-18-22(25-12-29(23(18)31)11-17(30)26-14-7-3-2-4-8-14)33-19(13)21-27-20(28-32-21)15-9-5-6-10-16(15)24/h2-10,12H,11H2,1H3,(H,26,30). The number of hydrogen-bond acceptors (Lipinski definition) is 7. The number of carbonyl (C=O) groups excluding carboxylic acids is 1. The van der Waals surface area contributed by atoms with Crippen LogP contribution < -0.4 is 10.9 Å². The molecule has 0 aliphatic rings. The molecule has 0 radical (unpaired) electrons. The van der Waals surface area contributed by atoms with E-state index in [9.17, 15) is 9.59 Å². The van der Waals surface area contributed by atoms with Crippen molar-refractivity contribution < 1.29 is 9.32 Å². The number of amides is 1. The Morgan fingerprint density at radius 2 is 1.91 bits per heavy atom.